The Morgan fingerprint density at radius 2 is 2.32 bits per heavy atom. The normalized spacial score (nSPS) is 12.3. The highest BCUT2D eigenvalue weighted by Crippen LogP contribution is 2.23. The smallest absolute Gasteiger partial charge is 0.307 e. The van der Waals surface area contributed by atoms with Gasteiger partial charge in [-0.25, -0.2) is 0 Å². The minimum Gasteiger partial charge on any atom is -0.469 e. The highest BCUT2D eigenvalue weighted by atomic mass is 32.1. The van der Waals surface area contributed by atoms with E-state index in [2.05, 4.69) is 5.32 Å². The number of aryl methyl sites for hydroxylation is 1. The van der Waals surface area contributed by atoms with E-state index < -0.39 is 0 Å². The molecule has 5 heteroatoms. The minimum absolute atomic E-state index is 0.0437. The molecule has 0 aliphatic rings. The van der Waals surface area contributed by atoms with Gasteiger partial charge in [-0.2, -0.15) is 0 Å². The van der Waals surface area contributed by atoms with E-state index in [4.69, 9.17) is 9.15 Å². The van der Waals surface area contributed by atoms with E-state index in [1.54, 1.807) is 11.3 Å². The minimum atomic E-state index is -0.221. The Morgan fingerprint density at radius 3 is 2.89 bits per heavy atom. The summed E-state index contributed by atoms with van der Waals surface area (Å²) in [4.78, 5) is 12.6. The number of hydrogen-bond acceptors (Lipinski definition) is 5. The van der Waals surface area contributed by atoms with E-state index in [9.17, 15) is 4.79 Å². The summed E-state index contributed by atoms with van der Waals surface area (Å²) < 4.78 is 10.2. The first-order valence-corrected chi connectivity index (χ1v) is 6.96. The monoisotopic (exact) mass is 279 g/mol. The molecule has 102 valence electrons. The number of thiophene rings is 1. The van der Waals surface area contributed by atoms with Gasteiger partial charge in [0.15, 0.2) is 0 Å². The zero-order valence-electron chi connectivity index (χ0n) is 11.0. The number of esters is 1. The Hall–Kier alpha value is -1.59. The third-order valence-corrected chi connectivity index (χ3v) is 3.79. The molecule has 1 N–H and O–H groups in total. The van der Waals surface area contributed by atoms with Gasteiger partial charge >= 0.3 is 5.97 Å². The van der Waals surface area contributed by atoms with E-state index in [1.165, 1.54) is 7.11 Å². The maximum absolute atomic E-state index is 11.5. The number of rotatable bonds is 6. The van der Waals surface area contributed by atoms with Crippen LogP contribution in [-0.4, -0.2) is 13.1 Å². The zero-order valence-corrected chi connectivity index (χ0v) is 11.8. The first-order valence-electron chi connectivity index (χ1n) is 6.08. The molecule has 4 nitrogen and oxygen atoms in total. The quantitative estimate of drug-likeness (QED) is 0.826. The summed E-state index contributed by atoms with van der Waals surface area (Å²) in [7, 11) is 1.41. The number of ether oxygens (including phenoxy) is 1. The van der Waals surface area contributed by atoms with E-state index in [-0.39, 0.29) is 12.0 Å². The second-order valence-electron chi connectivity index (χ2n) is 4.24. The molecule has 2 rings (SSSR count). The second kappa shape index (κ2) is 6.54. The topological polar surface area (TPSA) is 51.5 Å². The molecule has 0 aliphatic carbocycles. The van der Waals surface area contributed by atoms with Gasteiger partial charge in [0.25, 0.3) is 0 Å². The lowest BCUT2D eigenvalue weighted by atomic mass is 10.1. The summed E-state index contributed by atoms with van der Waals surface area (Å²) in [5, 5.41) is 5.33. The van der Waals surface area contributed by atoms with Gasteiger partial charge in [0.1, 0.15) is 11.5 Å². The van der Waals surface area contributed by atoms with Crippen LogP contribution in [0.5, 0.6) is 0 Å². The van der Waals surface area contributed by atoms with Crippen molar-refractivity contribution in [1.82, 2.24) is 5.32 Å². The van der Waals surface area contributed by atoms with Crippen LogP contribution >= 0.6 is 11.3 Å². The van der Waals surface area contributed by atoms with E-state index in [1.807, 2.05) is 36.6 Å². The molecule has 0 fully saturated rings. The van der Waals surface area contributed by atoms with Crippen LogP contribution in [0.25, 0.3) is 0 Å². The van der Waals surface area contributed by atoms with Crippen LogP contribution < -0.4 is 5.32 Å². The predicted octanol–water partition coefficient (Wildman–Crippen LogP) is 3.04. The molecule has 0 amide bonds. The third-order valence-electron chi connectivity index (χ3n) is 2.80. The van der Waals surface area contributed by atoms with Gasteiger partial charge in [0.05, 0.1) is 26.1 Å². The first-order chi connectivity index (χ1) is 9.19. The molecule has 0 spiro atoms. The van der Waals surface area contributed by atoms with E-state index in [0.717, 1.165) is 16.4 Å². The van der Waals surface area contributed by atoms with E-state index in [0.29, 0.717) is 13.0 Å². The summed E-state index contributed by atoms with van der Waals surface area (Å²) in [6, 6.07) is 7.81. The Bertz CT molecular complexity index is 519. The van der Waals surface area contributed by atoms with Gasteiger partial charge < -0.3 is 14.5 Å². The molecule has 0 aromatic carbocycles. The molecule has 1 unspecified atom stereocenters. The van der Waals surface area contributed by atoms with Gasteiger partial charge in [-0.05, 0) is 30.5 Å². The summed E-state index contributed by atoms with van der Waals surface area (Å²) >= 11 is 1.62. The van der Waals surface area contributed by atoms with Crippen LogP contribution in [0.4, 0.5) is 0 Å². The number of nitrogens with one attached hydrogen (secondary N) is 1. The van der Waals surface area contributed by atoms with Gasteiger partial charge in [-0.15, -0.1) is 11.3 Å². The third kappa shape index (κ3) is 3.94. The predicted molar refractivity (Wildman–Crippen MR) is 74.0 cm³/mol. The average molecular weight is 279 g/mol. The van der Waals surface area contributed by atoms with Gasteiger partial charge in [-0.3, -0.25) is 4.79 Å². The maximum atomic E-state index is 11.5. The highest BCUT2D eigenvalue weighted by Gasteiger charge is 2.17. The van der Waals surface area contributed by atoms with E-state index >= 15 is 0 Å². The lowest BCUT2D eigenvalue weighted by Gasteiger charge is -2.15. The fourth-order valence-corrected chi connectivity index (χ4v) is 2.62. The molecule has 2 aromatic heterocycles. The highest BCUT2D eigenvalue weighted by molar-refractivity contribution is 7.10. The number of carbonyl (C=O) groups is 1. The van der Waals surface area contributed by atoms with Crippen LogP contribution in [0.1, 0.15) is 28.9 Å². The molecule has 0 aliphatic heterocycles. The summed E-state index contributed by atoms with van der Waals surface area (Å²) in [6.45, 7) is 2.50. The van der Waals surface area contributed by atoms with Crippen LogP contribution in [0.2, 0.25) is 0 Å². The van der Waals surface area contributed by atoms with Crippen molar-refractivity contribution in [3.8, 4) is 0 Å². The van der Waals surface area contributed by atoms with Crippen molar-refractivity contribution >= 4 is 17.3 Å². The molecule has 2 aromatic rings. The Kier molecular flexibility index (Phi) is 4.76. The standard InChI is InChI=1S/C14H17NO3S/c1-10-5-6-11(18-10)9-15-12(8-14(16)17-2)13-4-3-7-19-13/h3-7,12,15H,8-9H2,1-2H3. The largest absolute Gasteiger partial charge is 0.469 e. The Morgan fingerprint density at radius 1 is 1.47 bits per heavy atom. The SMILES string of the molecule is COC(=O)CC(NCc1ccc(C)o1)c1cccs1. The molecule has 1 atom stereocenters. The summed E-state index contributed by atoms with van der Waals surface area (Å²) in [6.07, 6.45) is 0.316. The Balaban J connectivity index is 1.99. The first kappa shape index (κ1) is 13.8. The number of furan rings is 1. The van der Waals surface area contributed by atoms with Crippen molar-refractivity contribution in [3.05, 3.63) is 46.0 Å². The van der Waals surface area contributed by atoms with Crippen molar-refractivity contribution in [2.24, 2.45) is 0 Å². The lowest BCUT2D eigenvalue weighted by Crippen LogP contribution is -2.23. The van der Waals surface area contributed by atoms with Crippen molar-refractivity contribution in [3.63, 3.8) is 0 Å². The maximum Gasteiger partial charge on any atom is 0.307 e. The van der Waals surface area contributed by atoms with Gasteiger partial charge in [0.2, 0.25) is 0 Å². The van der Waals surface area contributed by atoms with Crippen LogP contribution in [0.3, 0.4) is 0 Å². The van der Waals surface area contributed by atoms with Crippen molar-refractivity contribution in [2.45, 2.75) is 25.9 Å². The molecule has 19 heavy (non-hydrogen) atoms. The van der Waals surface area contributed by atoms with Crippen molar-refractivity contribution < 1.29 is 13.9 Å². The van der Waals surface area contributed by atoms with Crippen LogP contribution in [0.15, 0.2) is 34.1 Å². The molecule has 0 bridgehead atoms. The average Bonchev–Trinajstić information content (AvgIpc) is 3.05. The van der Waals surface area contributed by atoms with Gasteiger partial charge in [0, 0.05) is 4.88 Å². The zero-order chi connectivity index (χ0) is 13.7. The molecular formula is C14H17NO3S. The number of carbonyl (C=O) groups excluding carboxylic acids is 1. The number of hydrogen-bond donors (Lipinski definition) is 1. The molecule has 0 radical (unpaired) electrons. The Labute approximate surface area is 116 Å². The lowest BCUT2D eigenvalue weighted by molar-refractivity contribution is -0.141. The summed E-state index contributed by atoms with van der Waals surface area (Å²) in [5.41, 5.74) is 0. The fourth-order valence-electron chi connectivity index (χ4n) is 1.82. The summed E-state index contributed by atoms with van der Waals surface area (Å²) in [5.74, 6) is 1.53. The molecule has 2 heterocycles. The van der Waals surface area contributed by atoms with Gasteiger partial charge in [-0.1, -0.05) is 6.07 Å². The fraction of sp³-hybridized carbons (Fsp3) is 0.357. The van der Waals surface area contributed by atoms with Crippen molar-refractivity contribution in [2.75, 3.05) is 7.11 Å². The molecule has 0 saturated carbocycles. The van der Waals surface area contributed by atoms with Crippen LogP contribution in [0, 0.1) is 6.92 Å². The number of methoxy groups -OCH3 is 1. The van der Waals surface area contributed by atoms with Crippen LogP contribution in [-0.2, 0) is 16.1 Å². The molecular weight excluding hydrogens is 262 g/mol. The second-order valence-corrected chi connectivity index (χ2v) is 5.22. The molecule has 0 saturated heterocycles. The van der Waals surface area contributed by atoms with Crippen molar-refractivity contribution in [1.29, 1.82) is 0 Å².